The van der Waals surface area contributed by atoms with Crippen molar-refractivity contribution in [2.45, 2.75) is 40.2 Å². The molecule has 3 atom stereocenters. The van der Waals surface area contributed by atoms with Crippen LogP contribution in [0, 0.1) is 0 Å². The first-order valence-electron chi connectivity index (χ1n) is 12.5. The quantitative estimate of drug-likeness (QED) is 0.308. The Kier molecular flexibility index (Phi) is 8.10. The molecule has 0 fully saturated rings. The average Bonchev–Trinajstić information content (AvgIpc) is 2.93. The molecule has 0 saturated carbocycles. The summed E-state index contributed by atoms with van der Waals surface area (Å²) >= 11 is 3.22. The van der Waals surface area contributed by atoms with Crippen molar-refractivity contribution in [3.05, 3.63) is 97.1 Å². The standard InChI is InChI=1S/C30H29N3O3S2/c1-3-36-23-17-15-21(16-18-23)31-29(34)20(2)37-24-10-8-9-22(19-24)32-30(35)33-25-11-4-6-13-27(25)38-28-14-7-5-12-26(28)33/h4-20,25,27H,3H2,1-2H3,(H,31,34)(H,32,35). The van der Waals surface area contributed by atoms with Crippen molar-refractivity contribution in [1.29, 1.82) is 0 Å². The van der Waals surface area contributed by atoms with Crippen LogP contribution in [-0.4, -0.2) is 35.1 Å². The molecule has 0 spiro atoms. The monoisotopic (exact) mass is 543 g/mol. The highest BCUT2D eigenvalue weighted by molar-refractivity contribution is 8.00. The van der Waals surface area contributed by atoms with Gasteiger partial charge < -0.3 is 15.4 Å². The molecule has 1 heterocycles. The predicted molar refractivity (Wildman–Crippen MR) is 158 cm³/mol. The number of urea groups is 1. The second-order valence-electron chi connectivity index (χ2n) is 8.85. The lowest BCUT2D eigenvalue weighted by molar-refractivity contribution is -0.115. The van der Waals surface area contributed by atoms with Gasteiger partial charge in [-0.15, -0.1) is 23.5 Å². The number of rotatable bonds is 7. The van der Waals surface area contributed by atoms with E-state index in [9.17, 15) is 9.59 Å². The maximum atomic E-state index is 13.6. The highest BCUT2D eigenvalue weighted by atomic mass is 32.2. The van der Waals surface area contributed by atoms with E-state index in [2.05, 4.69) is 28.9 Å². The molecule has 3 unspecified atom stereocenters. The minimum absolute atomic E-state index is 0.0659. The van der Waals surface area contributed by atoms with Crippen LogP contribution in [0.25, 0.3) is 0 Å². The first-order chi connectivity index (χ1) is 18.5. The van der Waals surface area contributed by atoms with Crippen LogP contribution in [0.3, 0.4) is 0 Å². The molecule has 2 N–H and O–H groups in total. The minimum Gasteiger partial charge on any atom is -0.494 e. The molecule has 8 heteroatoms. The number of nitrogens with zero attached hydrogens (tertiary/aromatic N) is 1. The third kappa shape index (κ3) is 5.92. The van der Waals surface area contributed by atoms with Crippen molar-refractivity contribution in [3.8, 4) is 5.75 Å². The molecule has 194 valence electrons. The summed E-state index contributed by atoms with van der Waals surface area (Å²) in [5.74, 6) is 0.671. The van der Waals surface area contributed by atoms with Crippen LogP contribution < -0.4 is 20.3 Å². The van der Waals surface area contributed by atoms with Gasteiger partial charge in [0.1, 0.15) is 5.75 Å². The Balaban J connectivity index is 1.25. The molecule has 3 amide bonds. The second kappa shape index (κ2) is 11.8. The highest BCUT2D eigenvalue weighted by Crippen LogP contribution is 2.43. The zero-order valence-corrected chi connectivity index (χ0v) is 22.8. The van der Waals surface area contributed by atoms with E-state index in [0.29, 0.717) is 12.3 Å². The maximum absolute atomic E-state index is 13.6. The van der Waals surface area contributed by atoms with E-state index < -0.39 is 0 Å². The van der Waals surface area contributed by atoms with Crippen LogP contribution >= 0.6 is 23.5 Å². The summed E-state index contributed by atoms with van der Waals surface area (Å²) < 4.78 is 5.46. The van der Waals surface area contributed by atoms with Gasteiger partial charge in [-0.25, -0.2) is 4.79 Å². The largest absolute Gasteiger partial charge is 0.494 e. The fraction of sp³-hybridized carbons (Fsp3) is 0.200. The number of allylic oxidation sites excluding steroid dienone is 2. The Morgan fingerprint density at radius 3 is 2.58 bits per heavy atom. The fourth-order valence-electron chi connectivity index (χ4n) is 4.36. The lowest BCUT2D eigenvalue weighted by Crippen LogP contribution is -2.49. The SMILES string of the molecule is CCOc1ccc(NC(=O)C(C)Sc2cccc(NC(=O)N3c4ccccc4SC4C=CC=CC43)c2)cc1. The zero-order chi connectivity index (χ0) is 26.5. The number of para-hydroxylation sites is 1. The first-order valence-corrected chi connectivity index (χ1v) is 14.3. The summed E-state index contributed by atoms with van der Waals surface area (Å²) in [6.45, 7) is 4.39. The van der Waals surface area contributed by atoms with Gasteiger partial charge >= 0.3 is 6.03 Å². The van der Waals surface area contributed by atoms with E-state index >= 15 is 0 Å². The lowest BCUT2D eigenvalue weighted by atomic mass is 10.1. The van der Waals surface area contributed by atoms with Gasteiger partial charge in [0, 0.05) is 21.2 Å². The molecule has 0 saturated heterocycles. The second-order valence-corrected chi connectivity index (χ2v) is 11.5. The third-order valence-corrected chi connectivity index (χ3v) is 8.56. The van der Waals surface area contributed by atoms with Crippen LogP contribution in [-0.2, 0) is 4.79 Å². The molecular weight excluding hydrogens is 514 g/mol. The molecule has 1 aliphatic carbocycles. The third-order valence-electron chi connectivity index (χ3n) is 6.16. The number of thioether (sulfide) groups is 2. The van der Waals surface area contributed by atoms with E-state index in [-0.39, 0.29) is 28.5 Å². The fourth-order valence-corrected chi connectivity index (χ4v) is 6.54. The number of fused-ring (bicyclic) bond motifs is 2. The number of nitrogens with one attached hydrogen (secondary N) is 2. The number of hydrogen-bond acceptors (Lipinski definition) is 5. The van der Waals surface area contributed by atoms with E-state index in [0.717, 1.165) is 26.9 Å². The van der Waals surface area contributed by atoms with Crippen LogP contribution in [0.15, 0.2) is 107 Å². The van der Waals surface area contributed by atoms with E-state index in [1.807, 2.05) is 97.6 Å². The summed E-state index contributed by atoms with van der Waals surface area (Å²) in [5.41, 5.74) is 2.31. The normalized spacial score (nSPS) is 18.2. The van der Waals surface area contributed by atoms with E-state index in [1.165, 1.54) is 11.8 Å². The van der Waals surface area contributed by atoms with Crippen molar-refractivity contribution >= 4 is 52.5 Å². The first kappa shape index (κ1) is 26.0. The number of carbonyl (C=O) groups excluding carboxylic acids is 2. The summed E-state index contributed by atoms with van der Waals surface area (Å²) in [7, 11) is 0. The molecule has 6 nitrogen and oxygen atoms in total. The number of benzene rings is 3. The van der Waals surface area contributed by atoms with Gasteiger partial charge in [0.2, 0.25) is 5.91 Å². The summed E-state index contributed by atoms with van der Waals surface area (Å²) in [6.07, 6.45) is 8.24. The Bertz CT molecular complexity index is 1370. The van der Waals surface area contributed by atoms with Gasteiger partial charge in [0.05, 0.1) is 28.8 Å². The molecular formula is C30H29N3O3S2. The van der Waals surface area contributed by atoms with Crippen molar-refractivity contribution in [1.82, 2.24) is 0 Å². The van der Waals surface area contributed by atoms with Crippen molar-refractivity contribution in [2.24, 2.45) is 0 Å². The van der Waals surface area contributed by atoms with Gasteiger partial charge in [0.25, 0.3) is 0 Å². The zero-order valence-electron chi connectivity index (χ0n) is 21.2. The summed E-state index contributed by atoms with van der Waals surface area (Å²) in [6, 6.07) is 22.7. The Morgan fingerprint density at radius 1 is 0.974 bits per heavy atom. The number of ether oxygens (including phenoxy) is 1. The molecule has 0 bridgehead atoms. The molecule has 5 rings (SSSR count). The molecule has 0 aromatic heterocycles. The molecule has 3 aromatic rings. The number of anilines is 3. The predicted octanol–water partition coefficient (Wildman–Crippen LogP) is 7.21. The summed E-state index contributed by atoms with van der Waals surface area (Å²) in [5, 5.41) is 5.86. The highest BCUT2D eigenvalue weighted by Gasteiger charge is 2.36. The van der Waals surface area contributed by atoms with E-state index in [1.54, 1.807) is 11.8 Å². The maximum Gasteiger partial charge on any atom is 0.326 e. The van der Waals surface area contributed by atoms with Gasteiger partial charge in [-0.3, -0.25) is 9.69 Å². The smallest absolute Gasteiger partial charge is 0.326 e. The van der Waals surface area contributed by atoms with Gasteiger partial charge in [-0.2, -0.15) is 0 Å². The Hall–Kier alpha value is -3.62. The minimum atomic E-state index is -0.335. The van der Waals surface area contributed by atoms with Crippen LogP contribution in [0.1, 0.15) is 13.8 Å². The van der Waals surface area contributed by atoms with Gasteiger partial charge in [-0.1, -0.05) is 42.5 Å². The van der Waals surface area contributed by atoms with Crippen LogP contribution in [0.5, 0.6) is 5.75 Å². The topological polar surface area (TPSA) is 70.7 Å². The van der Waals surface area contributed by atoms with Crippen LogP contribution in [0.4, 0.5) is 21.9 Å². The number of carbonyl (C=O) groups is 2. The number of hydrogen-bond donors (Lipinski definition) is 2. The van der Waals surface area contributed by atoms with Gasteiger partial charge in [-0.05, 0) is 68.4 Å². The van der Waals surface area contributed by atoms with Crippen molar-refractivity contribution in [3.63, 3.8) is 0 Å². The Labute approximate surface area is 231 Å². The van der Waals surface area contributed by atoms with Gasteiger partial charge in [0.15, 0.2) is 0 Å². The molecule has 3 aromatic carbocycles. The lowest BCUT2D eigenvalue weighted by Gasteiger charge is -2.40. The Morgan fingerprint density at radius 2 is 1.76 bits per heavy atom. The summed E-state index contributed by atoms with van der Waals surface area (Å²) in [4.78, 5) is 30.2. The van der Waals surface area contributed by atoms with Crippen molar-refractivity contribution < 1.29 is 14.3 Å². The number of amides is 3. The van der Waals surface area contributed by atoms with Crippen molar-refractivity contribution in [2.75, 3.05) is 22.1 Å². The molecule has 1 aliphatic heterocycles. The van der Waals surface area contributed by atoms with Crippen LogP contribution in [0.2, 0.25) is 0 Å². The average molecular weight is 544 g/mol. The molecule has 2 aliphatic rings. The van der Waals surface area contributed by atoms with E-state index in [4.69, 9.17) is 4.74 Å². The molecule has 0 radical (unpaired) electrons. The molecule has 38 heavy (non-hydrogen) atoms.